The number of hydrogen-bond donors (Lipinski definition) is 1. The van der Waals surface area contributed by atoms with Crippen molar-refractivity contribution in [3.05, 3.63) is 114 Å². The number of nitrogens with zero attached hydrogens (tertiary/aromatic N) is 3. The molecule has 6 nitrogen and oxygen atoms in total. The van der Waals surface area contributed by atoms with E-state index >= 15 is 0 Å². The molecule has 1 amide bonds. The molecular formula is C25H22N4O2. The van der Waals surface area contributed by atoms with Gasteiger partial charge in [-0.1, -0.05) is 48.5 Å². The summed E-state index contributed by atoms with van der Waals surface area (Å²) >= 11 is 0. The molecule has 0 fully saturated rings. The Morgan fingerprint density at radius 3 is 2.52 bits per heavy atom. The number of ether oxygens (including phenoxy) is 1. The lowest BCUT2D eigenvalue weighted by Gasteiger charge is -2.08. The Morgan fingerprint density at radius 1 is 0.935 bits per heavy atom. The van der Waals surface area contributed by atoms with E-state index in [0.717, 1.165) is 22.6 Å². The minimum absolute atomic E-state index is 0.217. The van der Waals surface area contributed by atoms with E-state index in [-0.39, 0.29) is 5.91 Å². The summed E-state index contributed by atoms with van der Waals surface area (Å²) in [7, 11) is 0. The third-order valence-corrected chi connectivity index (χ3v) is 4.56. The van der Waals surface area contributed by atoms with Gasteiger partial charge in [-0.3, -0.25) is 9.78 Å². The Kier molecular flexibility index (Phi) is 6.50. The lowest BCUT2D eigenvalue weighted by Crippen LogP contribution is -2.13. The van der Waals surface area contributed by atoms with Crippen LogP contribution in [-0.2, 0) is 17.9 Å². The molecule has 0 saturated heterocycles. The van der Waals surface area contributed by atoms with E-state index in [0.29, 0.717) is 19.0 Å². The van der Waals surface area contributed by atoms with Gasteiger partial charge in [0.05, 0.1) is 18.4 Å². The molecule has 31 heavy (non-hydrogen) atoms. The van der Waals surface area contributed by atoms with Gasteiger partial charge in [-0.2, -0.15) is 5.10 Å². The van der Waals surface area contributed by atoms with Crippen molar-refractivity contribution >= 4 is 17.8 Å². The first-order valence-electron chi connectivity index (χ1n) is 9.94. The normalized spacial score (nSPS) is 10.8. The van der Waals surface area contributed by atoms with Crippen LogP contribution in [0, 0.1) is 0 Å². The van der Waals surface area contributed by atoms with Gasteiger partial charge in [-0.15, -0.1) is 0 Å². The molecule has 4 aromatic rings. The molecular weight excluding hydrogens is 388 g/mol. The van der Waals surface area contributed by atoms with Crippen LogP contribution in [0.2, 0.25) is 0 Å². The van der Waals surface area contributed by atoms with Gasteiger partial charge in [0.2, 0.25) is 5.91 Å². The van der Waals surface area contributed by atoms with Gasteiger partial charge in [0.25, 0.3) is 0 Å². The average molecular weight is 410 g/mol. The van der Waals surface area contributed by atoms with Gasteiger partial charge in [-0.25, -0.2) is 4.68 Å². The molecule has 0 aliphatic rings. The zero-order valence-corrected chi connectivity index (χ0v) is 16.9. The minimum atomic E-state index is -0.217. The van der Waals surface area contributed by atoms with Crippen molar-refractivity contribution in [2.75, 3.05) is 5.32 Å². The van der Waals surface area contributed by atoms with Crippen molar-refractivity contribution in [1.29, 1.82) is 0 Å². The summed E-state index contributed by atoms with van der Waals surface area (Å²) in [6, 6.07) is 25.0. The van der Waals surface area contributed by atoms with Crippen LogP contribution in [0.1, 0.15) is 16.8 Å². The van der Waals surface area contributed by atoms with Gasteiger partial charge >= 0.3 is 0 Å². The molecule has 0 spiro atoms. The number of hydrogen-bond acceptors (Lipinski definition) is 4. The monoisotopic (exact) mass is 410 g/mol. The quantitative estimate of drug-likeness (QED) is 0.433. The fraction of sp³-hybridized carbons (Fsp3) is 0.0800. The molecule has 0 bridgehead atoms. The van der Waals surface area contributed by atoms with Crippen LogP contribution in [0.5, 0.6) is 5.75 Å². The summed E-state index contributed by atoms with van der Waals surface area (Å²) in [5.74, 6) is 1.18. The molecule has 2 aromatic carbocycles. The predicted octanol–water partition coefficient (Wildman–Crippen LogP) is 4.56. The smallest absolute Gasteiger partial charge is 0.249 e. The number of carbonyl (C=O) groups is 1. The van der Waals surface area contributed by atoms with Crippen LogP contribution < -0.4 is 10.1 Å². The highest BCUT2D eigenvalue weighted by Crippen LogP contribution is 2.15. The van der Waals surface area contributed by atoms with Gasteiger partial charge in [0, 0.05) is 18.3 Å². The number of nitrogens with one attached hydrogen (secondary N) is 1. The fourth-order valence-corrected chi connectivity index (χ4v) is 2.98. The van der Waals surface area contributed by atoms with Crippen molar-refractivity contribution in [1.82, 2.24) is 14.8 Å². The molecule has 0 aliphatic carbocycles. The molecule has 0 saturated carbocycles. The highest BCUT2D eigenvalue weighted by molar-refractivity contribution is 6.01. The van der Waals surface area contributed by atoms with Gasteiger partial charge in [0.1, 0.15) is 18.2 Å². The Hall–Kier alpha value is -4.19. The molecule has 0 radical (unpaired) electrons. The van der Waals surface area contributed by atoms with E-state index < -0.39 is 0 Å². The predicted molar refractivity (Wildman–Crippen MR) is 120 cm³/mol. The molecule has 0 atom stereocenters. The van der Waals surface area contributed by atoms with E-state index in [1.165, 1.54) is 6.08 Å². The third-order valence-electron chi connectivity index (χ3n) is 4.56. The topological polar surface area (TPSA) is 69.0 Å². The lowest BCUT2D eigenvalue weighted by atomic mass is 10.2. The zero-order chi connectivity index (χ0) is 21.3. The summed E-state index contributed by atoms with van der Waals surface area (Å²) in [5.41, 5.74) is 2.88. The van der Waals surface area contributed by atoms with Gasteiger partial charge in [-0.05, 0) is 41.5 Å². The minimum Gasteiger partial charge on any atom is -0.487 e. The maximum Gasteiger partial charge on any atom is 0.249 e. The van der Waals surface area contributed by atoms with E-state index in [4.69, 9.17) is 4.74 Å². The Morgan fingerprint density at radius 2 is 1.74 bits per heavy atom. The van der Waals surface area contributed by atoms with Crippen LogP contribution in [-0.4, -0.2) is 20.7 Å². The van der Waals surface area contributed by atoms with Crippen molar-refractivity contribution in [3.63, 3.8) is 0 Å². The van der Waals surface area contributed by atoms with Crippen molar-refractivity contribution in [2.24, 2.45) is 0 Å². The highest BCUT2D eigenvalue weighted by Gasteiger charge is 2.06. The number of rotatable bonds is 8. The number of aromatic nitrogens is 3. The molecule has 154 valence electrons. The number of amides is 1. The maximum absolute atomic E-state index is 12.3. The summed E-state index contributed by atoms with van der Waals surface area (Å²) in [5, 5.41) is 7.17. The number of carbonyl (C=O) groups excluding carboxylic acids is 1. The fourth-order valence-electron chi connectivity index (χ4n) is 2.98. The highest BCUT2D eigenvalue weighted by atomic mass is 16.5. The van der Waals surface area contributed by atoms with Crippen LogP contribution >= 0.6 is 0 Å². The zero-order valence-electron chi connectivity index (χ0n) is 16.9. The molecule has 0 aliphatic heterocycles. The third kappa shape index (κ3) is 5.90. The Labute approximate surface area is 180 Å². The standard InChI is InChI=1S/C25H22N4O2/c30-25(28-24-15-17-27-29(24)18-21-6-2-1-3-7-21)14-11-20-9-12-23(13-10-20)31-19-22-8-4-5-16-26-22/h1-17H,18-19H2,(H,28,30)/b14-11+. The van der Waals surface area contributed by atoms with Crippen LogP contribution in [0.3, 0.4) is 0 Å². The summed E-state index contributed by atoms with van der Waals surface area (Å²) in [6.07, 6.45) is 6.68. The number of pyridine rings is 1. The lowest BCUT2D eigenvalue weighted by molar-refractivity contribution is -0.111. The van der Waals surface area contributed by atoms with Crippen molar-refractivity contribution < 1.29 is 9.53 Å². The Balaban J connectivity index is 1.31. The van der Waals surface area contributed by atoms with Gasteiger partial charge < -0.3 is 10.1 Å². The van der Waals surface area contributed by atoms with Crippen molar-refractivity contribution in [3.8, 4) is 5.75 Å². The first-order valence-corrected chi connectivity index (χ1v) is 9.94. The number of benzene rings is 2. The first kappa shape index (κ1) is 20.1. The van der Waals surface area contributed by atoms with E-state index in [9.17, 15) is 4.79 Å². The molecule has 1 N–H and O–H groups in total. The molecule has 2 heterocycles. The van der Waals surface area contributed by atoms with Crippen LogP contribution in [0.4, 0.5) is 5.82 Å². The van der Waals surface area contributed by atoms with E-state index in [1.807, 2.05) is 72.8 Å². The van der Waals surface area contributed by atoms with Gasteiger partial charge in [0.15, 0.2) is 0 Å². The van der Waals surface area contributed by atoms with E-state index in [1.54, 1.807) is 29.2 Å². The molecule has 6 heteroatoms. The summed E-state index contributed by atoms with van der Waals surface area (Å²) < 4.78 is 7.49. The van der Waals surface area contributed by atoms with Crippen LogP contribution in [0.15, 0.2) is 97.3 Å². The second-order valence-electron chi connectivity index (χ2n) is 6.86. The molecule has 0 unspecified atom stereocenters. The number of anilines is 1. The second kappa shape index (κ2) is 10.0. The summed E-state index contributed by atoms with van der Waals surface area (Å²) in [6.45, 7) is 1.00. The molecule has 4 rings (SSSR count). The largest absolute Gasteiger partial charge is 0.487 e. The SMILES string of the molecule is O=C(/C=C/c1ccc(OCc2ccccn2)cc1)Nc1ccnn1Cc1ccccc1. The van der Waals surface area contributed by atoms with Crippen molar-refractivity contribution in [2.45, 2.75) is 13.2 Å². The first-order chi connectivity index (χ1) is 15.3. The summed E-state index contributed by atoms with van der Waals surface area (Å²) in [4.78, 5) is 16.6. The molecule has 2 aromatic heterocycles. The van der Waals surface area contributed by atoms with E-state index in [2.05, 4.69) is 15.4 Å². The second-order valence-corrected chi connectivity index (χ2v) is 6.86. The Bertz CT molecular complexity index is 1140. The van der Waals surface area contributed by atoms with Crippen LogP contribution in [0.25, 0.3) is 6.08 Å². The maximum atomic E-state index is 12.3. The average Bonchev–Trinajstić information content (AvgIpc) is 3.24.